The number of halogens is 1. The second-order valence-corrected chi connectivity index (χ2v) is 4.77. The number of hydrogen-bond acceptors (Lipinski definition) is 4. The van der Waals surface area contributed by atoms with Crippen LogP contribution < -0.4 is 11.1 Å². The first-order valence-electron chi connectivity index (χ1n) is 4.87. The van der Waals surface area contributed by atoms with E-state index in [9.17, 15) is 4.79 Å². The first-order chi connectivity index (χ1) is 8.16. The third-order valence-corrected chi connectivity index (χ3v) is 3.25. The van der Waals surface area contributed by atoms with Gasteiger partial charge in [0.1, 0.15) is 0 Å². The van der Waals surface area contributed by atoms with Crippen LogP contribution in [0, 0.1) is 0 Å². The molecule has 17 heavy (non-hydrogen) atoms. The van der Waals surface area contributed by atoms with Crippen LogP contribution in [0.1, 0.15) is 15.2 Å². The van der Waals surface area contributed by atoms with E-state index in [4.69, 9.17) is 17.3 Å². The van der Waals surface area contributed by atoms with Crippen LogP contribution in [0.5, 0.6) is 0 Å². The van der Waals surface area contributed by atoms with E-state index >= 15 is 0 Å². The number of nitrogens with two attached hydrogens (primary N) is 1. The Morgan fingerprint density at radius 2 is 2.35 bits per heavy atom. The average Bonchev–Trinajstić information content (AvgIpc) is 2.82. The highest BCUT2D eigenvalue weighted by atomic mass is 35.5. The molecule has 0 aliphatic heterocycles. The van der Waals surface area contributed by atoms with E-state index in [1.165, 1.54) is 11.3 Å². The van der Waals surface area contributed by atoms with E-state index in [1.807, 2.05) is 0 Å². The van der Waals surface area contributed by atoms with Crippen LogP contribution in [-0.2, 0) is 6.54 Å². The number of hydrogen-bond donors (Lipinski definition) is 2. The zero-order chi connectivity index (χ0) is 12.3. The summed E-state index contributed by atoms with van der Waals surface area (Å²) in [5.41, 5.74) is 8.22. The fraction of sp³-hybridized carbons (Fsp3) is 0.0909. The summed E-state index contributed by atoms with van der Waals surface area (Å²) in [4.78, 5) is 16.8. The molecule has 1 aromatic heterocycles. The molecule has 6 heteroatoms. The van der Waals surface area contributed by atoms with Crippen LogP contribution in [0.2, 0.25) is 5.02 Å². The van der Waals surface area contributed by atoms with Gasteiger partial charge in [-0.15, -0.1) is 11.3 Å². The number of nitrogens with zero attached hydrogens (tertiary/aromatic N) is 1. The summed E-state index contributed by atoms with van der Waals surface area (Å²) >= 11 is 7.41. The van der Waals surface area contributed by atoms with Crippen LogP contribution in [0.3, 0.4) is 0 Å². The molecule has 1 amide bonds. The summed E-state index contributed by atoms with van der Waals surface area (Å²) in [6.07, 6.45) is 1.71. The summed E-state index contributed by atoms with van der Waals surface area (Å²) < 4.78 is 0. The van der Waals surface area contributed by atoms with Gasteiger partial charge in [-0.2, -0.15) is 0 Å². The van der Waals surface area contributed by atoms with E-state index in [1.54, 1.807) is 29.9 Å². The van der Waals surface area contributed by atoms with E-state index in [0.29, 0.717) is 22.8 Å². The van der Waals surface area contributed by atoms with Crippen LogP contribution >= 0.6 is 22.9 Å². The first kappa shape index (κ1) is 11.9. The minimum Gasteiger partial charge on any atom is -0.399 e. The standard InChI is InChI=1S/C11H10ClN3OS/c12-10-2-1-7(13)3-9(10)11(16)15-5-8-4-14-6-17-8/h1-4,6H,5,13H2,(H,15,16). The summed E-state index contributed by atoms with van der Waals surface area (Å²) in [5, 5.41) is 3.15. The van der Waals surface area contributed by atoms with Crippen molar-refractivity contribution in [2.45, 2.75) is 6.54 Å². The van der Waals surface area contributed by atoms with E-state index in [-0.39, 0.29) is 5.91 Å². The molecular weight excluding hydrogens is 258 g/mol. The van der Waals surface area contributed by atoms with E-state index in [2.05, 4.69) is 10.3 Å². The molecule has 0 radical (unpaired) electrons. The van der Waals surface area contributed by atoms with Gasteiger partial charge in [0, 0.05) is 16.8 Å². The Bertz CT molecular complexity index is 528. The molecule has 0 spiro atoms. The quantitative estimate of drug-likeness (QED) is 0.839. The third kappa shape index (κ3) is 2.95. The average molecular weight is 268 g/mol. The Hall–Kier alpha value is -1.59. The van der Waals surface area contributed by atoms with Gasteiger partial charge in [0.05, 0.1) is 22.6 Å². The molecule has 0 unspecified atom stereocenters. The zero-order valence-corrected chi connectivity index (χ0v) is 10.4. The zero-order valence-electron chi connectivity index (χ0n) is 8.81. The second-order valence-electron chi connectivity index (χ2n) is 3.39. The van der Waals surface area contributed by atoms with Gasteiger partial charge in [0.15, 0.2) is 0 Å². The number of anilines is 1. The molecule has 0 aliphatic carbocycles. The smallest absolute Gasteiger partial charge is 0.253 e. The molecule has 0 bridgehead atoms. The number of nitrogen functional groups attached to an aromatic ring is 1. The number of benzene rings is 1. The van der Waals surface area contributed by atoms with Crippen molar-refractivity contribution in [2.24, 2.45) is 0 Å². The van der Waals surface area contributed by atoms with Crippen molar-refractivity contribution in [3.05, 3.63) is 45.4 Å². The molecule has 3 N–H and O–H groups in total. The molecular formula is C11H10ClN3OS. The highest BCUT2D eigenvalue weighted by molar-refractivity contribution is 7.09. The van der Waals surface area contributed by atoms with Gasteiger partial charge in [-0.3, -0.25) is 9.78 Å². The number of nitrogens with one attached hydrogen (secondary N) is 1. The fourth-order valence-corrected chi connectivity index (χ4v) is 2.05. The Labute approximate surface area is 107 Å². The Kier molecular flexibility index (Phi) is 3.61. The predicted molar refractivity (Wildman–Crippen MR) is 69.1 cm³/mol. The number of thiazole rings is 1. The van der Waals surface area contributed by atoms with Gasteiger partial charge in [-0.25, -0.2) is 0 Å². The monoisotopic (exact) mass is 267 g/mol. The lowest BCUT2D eigenvalue weighted by Crippen LogP contribution is -2.22. The predicted octanol–water partition coefficient (Wildman–Crippen LogP) is 2.31. The molecule has 4 nitrogen and oxygen atoms in total. The van der Waals surface area contributed by atoms with Crippen LogP contribution in [-0.4, -0.2) is 10.9 Å². The molecule has 1 heterocycles. The molecule has 0 saturated heterocycles. The first-order valence-corrected chi connectivity index (χ1v) is 6.13. The summed E-state index contributed by atoms with van der Waals surface area (Å²) in [6.45, 7) is 0.439. The van der Waals surface area contributed by atoms with E-state index in [0.717, 1.165) is 4.88 Å². The van der Waals surface area contributed by atoms with Crippen molar-refractivity contribution in [1.82, 2.24) is 10.3 Å². The van der Waals surface area contributed by atoms with Crippen molar-refractivity contribution in [3.8, 4) is 0 Å². The third-order valence-electron chi connectivity index (χ3n) is 2.14. The van der Waals surface area contributed by atoms with Crippen molar-refractivity contribution in [3.63, 3.8) is 0 Å². The SMILES string of the molecule is Nc1ccc(Cl)c(C(=O)NCc2cncs2)c1. The lowest BCUT2D eigenvalue weighted by atomic mass is 10.2. The van der Waals surface area contributed by atoms with Gasteiger partial charge in [0.25, 0.3) is 5.91 Å². The van der Waals surface area contributed by atoms with Crippen LogP contribution in [0.4, 0.5) is 5.69 Å². The number of carbonyl (C=O) groups excluding carboxylic acids is 1. The summed E-state index contributed by atoms with van der Waals surface area (Å²) in [7, 11) is 0. The number of aromatic nitrogens is 1. The van der Waals surface area contributed by atoms with Crippen LogP contribution in [0.25, 0.3) is 0 Å². The summed E-state index contributed by atoms with van der Waals surface area (Å²) in [5.74, 6) is -0.240. The second kappa shape index (κ2) is 5.16. The van der Waals surface area contributed by atoms with Crippen molar-refractivity contribution in [1.29, 1.82) is 0 Å². The highest BCUT2D eigenvalue weighted by Crippen LogP contribution is 2.18. The molecule has 0 atom stereocenters. The number of amides is 1. The molecule has 0 fully saturated rings. The van der Waals surface area contributed by atoms with Gasteiger partial charge in [-0.05, 0) is 18.2 Å². The van der Waals surface area contributed by atoms with Gasteiger partial charge >= 0.3 is 0 Å². The molecule has 0 aliphatic rings. The number of carbonyl (C=O) groups is 1. The largest absolute Gasteiger partial charge is 0.399 e. The van der Waals surface area contributed by atoms with Gasteiger partial charge in [0.2, 0.25) is 0 Å². The molecule has 2 aromatic rings. The molecule has 88 valence electrons. The maximum Gasteiger partial charge on any atom is 0.253 e. The van der Waals surface area contributed by atoms with Crippen molar-refractivity contribution in [2.75, 3.05) is 5.73 Å². The van der Waals surface area contributed by atoms with E-state index < -0.39 is 0 Å². The minimum atomic E-state index is -0.240. The lowest BCUT2D eigenvalue weighted by Gasteiger charge is -2.06. The Morgan fingerprint density at radius 1 is 1.53 bits per heavy atom. The number of rotatable bonds is 3. The summed E-state index contributed by atoms with van der Waals surface area (Å²) in [6, 6.07) is 4.82. The molecule has 2 rings (SSSR count). The molecule has 1 aromatic carbocycles. The van der Waals surface area contributed by atoms with Crippen LogP contribution in [0.15, 0.2) is 29.9 Å². The van der Waals surface area contributed by atoms with Crippen molar-refractivity contribution < 1.29 is 4.79 Å². The topological polar surface area (TPSA) is 68.0 Å². The van der Waals surface area contributed by atoms with Crippen molar-refractivity contribution >= 4 is 34.5 Å². The molecule has 0 saturated carbocycles. The fourth-order valence-electron chi connectivity index (χ4n) is 1.31. The maximum absolute atomic E-state index is 11.8. The maximum atomic E-state index is 11.8. The normalized spacial score (nSPS) is 10.2. The minimum absolute atomic E-state index is 0.240. The Morgan fingerprint density at radius 3 is 3.06 bits per heavy atom. The van der Waals surface area contributed by atoms with Gasteiger partial charge in [-0.1, -0.05) is 11.6 Å². The van der Waals surface area contributed by atoms with Gasteiger partial charge < -0.3 is 11.1 Å². The lowest BCUT2D eigenvalue weighted by molar-refractivity contribution is 0.0951. The highest BCUT2D eigenvalue weighted by Gasteiger charge is 2.10. The Balaban J connectivity index is 2.07.